The fraction of sp³-hybridized carbons (Fsp3) is 0.522. The second-order valence-electron chi connectivity index (χ2n) is 9.38. The number of benzene rings is 1. The molecule has 0 aliphatic heterocycles. The fourth-order valence-electron chi connectivity index (χ4n) is 3.13. The van der Waals surface area contributed by atoms with Crippen LogP contribution in [0.5, 0.6) is 5.75 Å². The molecule has 10 nitrogen and oxygen atoms in total. The summed E-state index contributed by atoms with van der Waals surface area (Å²) in [6, 6.07) is 5.06. The molecule has 35 heavy (non-hydrogen) atoms. The molecular weight excluding hydrogens is 492 g/mol. The first-order chi connectivity index (χ1) is 16.2. The molecule has 1 heterocycles. The molecule has 0 saturated heterocycles. The van der Waals surface area contributed by atoms with Crippen molar-refractivity contribution in [2.75, 3.05) is 0 Å². The summed E-state index contributed by atoms with van der Waals surface area (Å²) in [6.45, 7) is 10.9. The Morgan fingerprint density at radius 3 is 2.26 bits per heavy atom. The number of rotatable bonds is 10. The fourth-order valence-corrected chi connectivity index (χ4v) is 4.46. The first kappa shape index (κ1) is 28.5. The van der Waals surface area contributed by atoms with Gasteiger partial charge in [-0.1, -0.05) is 32.9 Å². The van der Waals surface area contributed by atoms with E-state index in [9.17, 15) is 18.0 Å². The molecule has 0 spiro atoms. The number of hydrogen-bond acceptors (Lipinski definition) is 8. The van der Waals surface area contributed by atoms with Crippen LogP contribution < -0.4 is 20.0 Å². The van der Waals surface area contributed by atoms with E-state index < -0.39 is 34.1 Å². The number of aromatic nitrogens is 1. The minimum atomic E-state index is -4.12. The molecule has 1 aromatic heterocycles. The average molecular weight is 527 g/mol. The van der Waals surface area contributed by atoms with E-state index in [0.717, 1.165) is 22.7 Å². The van der Waals surface area contributed by atoms with Gasteiger partial charge in [0.25, 0.3) is 0 Å². The van der Waals surface area contributed by atoms with Crippen LogP contribution in [0.25, 0.3) is 0 Å². The quantitative estimate of drug-likeness (QED) is 0.430. The molecule has 1 aromatic carbocycles. The van der Waals surface area contributed by atoms with Gasteiger partial charge < -0.3 is 19.6 Å². The van der Waals surface area contributed by atoms with Crippen molar-refractivity contribution in [3.63, 3.8) is 0 Å². The maximum Gasteiger partial charge on any atom is 0.408 e. The van der Waals surface area contributed by atoms with Crippen LogP contribution in [-0.4, -0.2) is 37.0 Å². The van der Waals surface area contributed by atoms with Gasteiger partial charge in [0.1, 0.15) is 22.4 Å². The van der Waals surface area contributed by atoms with Crippen molar-refractivity contribution in [1.82, 2.24) is 15.6 Å². The third kappa shape index (κ3) is 9.82. The lowest BCUT2D eigenvalue weighted by molar-refractivity contribution is -0.125. The van der Waals surface area contributed by atoms with Crippen molar-refractivity contribution in [2.45, 2.75) is 72.1 Å². The van der Waals surface area contributed by atoms with E-state index in [2.05, 4.69) is 19.8 Å². The normalized spacial score (nSPS) is 13.7. The van der Waals surface area contributed by atoms with E-state index in [4.69, 9.17) is 9.88 Å². The molecule has 0 aliphatic rings. The smallest absolute Gasteiger partial charge is 0.408 e. The van der Waals surface area contributed by atoms with Gasteiger partial charge in [0, 0.05) is 5.38 Å². The number of ether oxygens (including phenoxy) is 1. The highest BCUT2D eigenvalue weighted by molar-refractivity contribution is 7.84. The van der Waals surface area contributed by atoms with Gasteiger partial charge in [0.05, 0.1) is 11.7 Å². The molecular formula is C23H34N4O6S2. The Hall–Kier alpha value is -2.70. The summed E-state index contributed by atoms with van der Waals surface area (Å²) in [7, 11) is -4.12. The van der Waals surface area contributed by atoms with Gasteiger partial charge in [-0.2, -0.15) is 13.6 Å². The maximum absolute atomic E-state index is 13.2. The van der Waals surface area contributed by atoms with Gasteiger partial charge in [0.15, 0.2) is 0 Å². The van der Waals surface area contributed by atoms with Crippen LogP contribution in [0.1, 0.15) is 63.8 Å². The van der Waals surface area contributed by atoms with Crippen molar-refractivity contribution in [1.29, 1.82) is 0 Å². The first-order valence-electron chi connectivity index (χ1n) is 11.2. The molecule has 0 radical (unpaired) electrons. The van der Waals surface area contributed by atoms with E-state index >= 15 is 0 Å². The van der Waals surface area contributed by atoms with Crippen molar-refractivity contribution < 1.29 is 26.9 Å². The Morgan fingerprint density at radius 2 is 1.77 bits per heavy atom. The van der Waals surface area contributed by atoms with Gasteiger partial charge in [-0.3, -0.25) is 4.79 Å². The largest absolute Gasteiger partial charge is 0.444 e. The standard InChI is InChI=1S/C23H34N4O6S2/c1-7-16-13-34-21(25-16)18(12-15-8-10-17(11-9-15)33-35(24,30)31)26-20(28)19(14(2)3)27-22(29)32-23(4,5)6/h8-11,13-14,18-19H,7,12H2,1-6H3,(H,26,28)(H,27,29)(H2,24,30,31). The number of carbonyl (C=O) groups is 2. The molecule has 0 fully saturated rings. The zero-order valence-corrected chi connectivity index (χ0v) is 22.5. The number of aryl methyl sites for hydroxylation is 1. The van der Waals surface area contributed by atoms with Gasteiger partial charge in [-0.05, 0) is 57.2 Å². The number of thiazole rings is 1. The Labute approximate surface area is 210 Å². The lowest BCUT2D eigenvalue weighted by Gasteiger charge is -2.27. The lowest BCUT2D eigenvalue weighted by atomic mass is 10.0. The zero-order valence-electron chi connectivity index (χ0n) is 20.8. The summed E-state index contributed by atoms with van der Waals surface area (Å²) in [6.07, 6.45) is 0.469. The summed E-state index contributed by atoms with van der Waals surface area (Å²) in [4.78, 5) is 30.2. The molecule has 12 heteroatoms. The zero-order chi connectivity index (χ0) is 26.4. The third-order valence-corrected chi connectivity index (χ3v) is 6.18. The number of nitrogens with two attached hydrogens (primary N) is 1. The molecule has 0 saturated carbocycles. The van der Waals surface area contributed by atoms with Gasteiger partial charge in [-0.15, -0.1) is 11.3 Å². The monoisotopic (exact) mass is 526 g/mol. The number of alkyl carbamates (subject to hydrolysis) is 1. The molecule has 2 rings (SSSR count). The number of carbonyl (C=O) groups excluding carboxylic acids is 2. The molecule has 2 unspecified atom stereocenters. The molecule has 2 aromatic rings. The van der Waals surface area contributed by atoms with E-state index in [0.29, 0.717) is 6.42 Å². The van der Waals surface area contributed by atoms with E-state index in [1.165, 1.54) is 23.5 Å². The molecule has 2 amide bonds. The molecule has 2 atom stereocenters. The predicted molar refractivity (Wildman–Crippen MR) is 134 cm³/mol. The highest BCUT2D eigenvalue weighted by atomic mass is 32.2. The van der Waals surface area contributed by atoms with Crippen LogP contribution >= 0.6 is 11.3 Å². The average Bonchev–Trinajstić information content (AvgIpc) is 3.19. The highest BCUT2D eigenvalue weighted by Gasteiger charge is 2.29. The second-order valence-corrected chi connectivity index (χ2v) is 11.4. The van der Waals surface area contributed by atoms with Crippen molar-refractivity contribution in [3.8, 4) is 5.75 Å². The molecule has 0 bridgehead atoms. The molecule has 0 aliphatic carbocycles. The lowest BCUT2D eigenvalue weighted by Crippen LogP contribution is -2.51. The van der Waals surface area contributed by atoms with E-state index in [1.54, 1.807) is 32.9 Å². The predicted octanol–water partition coefficient (Wildman–Crippen LogP) is 3.24. The number of hydrogen-bond donors (Lipinski definition) is 3. The summed E-state index contributed by atoms with van der Waals surface area (Å²) in [5, 5.41) is 13.2. The van der Waals surface area contributed by atoms with Crippen molar-refractivity contribution in [3.05, 3.63) is 45.9 Å². The topological polar surface area (TPSA) is 150 Å². The van der Waals surface area contributed by atoms with Crippen LogP contribution in [0.3, 0.4) is 0 Å². The van der Waals surface area contributed by atoms with Crippen molar-refractivity contribution >= 4 is 33.6 Å². The number of nitrogens with zero attached hydrogens (tertiary/aromatic N) is 1. The summed E-state index contributed by atoms with van der Waals surface area (Å²) in [5.74, 6) is -0.473. The maximum atomic E-state index is 13.2. The first-order valence-corrected chi connectivity index (χ1v) is 13.6. The second kappa shape index (κ2) is 11.8. The Bertz CT molecular complexity index is 1110. The highest BCUT2D eigenvalue weighted by Crippen LogP contribution is 2.25. The van der Waals surface area contributed by atoms with Crippen LogP contribution in [0.2, 0.25) is 0 Å². The van der Waals surface area contributed by atoms with Gasteiger partial charge >= 0.3 is 16.4 Å². The minimum Gasteiger partial charge on any atom is -0.444 e. The third-order valence-electron chi connectivity index (χ3n) is 4.74. The number of amides is 2. The molecule has 194 valence electrons. The Kier molecular flexibility index (Phi) is 9.64. The van der Waals surface area contributed by atoms with Gasteiger partial charge in [0.2, 0.25) is 5.91 Å². The van der Waals surface area contributed by atoms with Gasteiger partial charge in [-0.25, -0.2) is 9.78 Å². The summed E-state index contributed by atoms with van der Waals surface area (Å²) < 4.78 is 32.3. The van der Waals surface area contributed by atoms with Crippen LogP contribution in [0.4, 0.5) is 4.79 Å². The Balaban J connectivity index is 2.23. The van der Waals surface area contributed by atoms with Crippen molar-refractivity contribution in [2.24, 2.45) is 11.1 Å². The summed E-state index contributed by atoms with van der Waals surface area (Å²) >= 11 is 1.44. The van der Waals surface area contributed by atoms with E-state index in [-0.39, 0.29) is 17.6 Å². The minimum absolute atomic E-state index is 0.0841. The van der Waals surface area contributed by atoms with Crippen LogP contribution in [-0.2, 0) is 32.7 Å². The van der Waals surface area contributed by atoms with E-state index in [1.807, 2.05) is 26.2 Å². The SMILES string of the molecule is CCc1csc(C(Cc2ccc(OS(N)(=O)=O)cc2)NC(=O)C(NC(=O)OC(C)(C)C)C(C)C)n1. The van der Waals surface area contributed by atoms with Crippen LogP contribution in [0.15, 0.2) is 29.6 Å². The molecule has 4 N–H and O–H groups in total. The number of nitrogens with one attached hydrogen (secondary N) is 2. The van der Waals surface area contributed by atoms with Crippen LogP contribution in [0, 0.1) is 5.92 Å². The summed E-state index contributed by atoms with van der Waals surface area (Å²) in [5.41, 5.74) is 1.03. The Morgan fingerprint density at radius 1 is 1.14 bits per heavy atom.